The summed E-state index contributed by atoms with van der Waals surface area (Å²) < 4.78 is 5.31. The van der Waals surface area contributed by atoms with E-state index in [1.165, 1.54) is 6.07 Å². The van der Waals surface area contributed by atoms with Gasteiger partial charge < -0.3 is 10.1 Å². The minimum atomic E-state index is -0.360. The molecule has 6 heteroatoms. The van der Waals surface area contributed by atoms with Crippen LogP contribution in [0.25, 0.3) is 0 Å². The highest BCUT2D eigenvalue weighted by atomic mass is 35.5. The first-order valence-electron chi connectivity index (χ1n) is 5.96. The molecule has 21 heavy (non-hydrogen) atoms. The molecule has 0 heterocycles. The molecule has 0 bridgehead atoms. The summed E-state index contributed by atoms with van der Waals surface area (Å²) in [6.07, 6.45) is 0. The van der Waals surface area contributed by atoms with Crippen molar-refractivity contribution in [2.24, 2.45) is 0 Å². The summed E-state index contributed by atoms with van der Waals surface area (Å²) in [5.74, 6) is -0.0220. The number of nitrogens with one attached hydrogen (secondary N) is 1. The minimum absolute atomic E-state index is 0.211. The maximum absolute atomic E-state index is 11.8. The SMILES string of the molecule is N#Cc1cccc(NC(=O)COc2cc(Cl)ccc2Cl)c1. The van der Waals surface area contributed by atoms with E-state index in [2.05, 4.69) is 5.32 Å². The van der Waals surface area contributed by atoms with Crippen molar-refractivity contribution in [2.75, 3.05) is 11.9 Å². The predicted octanol–water partition coefficient (Wildman–Crippen LogP) is 3.88. The second-order valence-corrected chi connectivity index (χ2v) is 4.95. The second-order valence-electron chi connectivity index (χ2n) is 4.10. The van der Waals surface area contributed by atoms with Crippen molar-refractivity contribution in [2.45, 2.75) is 0 Å². The van der Waals surface area contributed by atoms with Crippen molar-refractivity contribution in [3.05, 3.63) is 58.1 Å². The van der Waals surface area contributed by atoms with E-state index in [4.69, 9.17) is 33.2 Å². The van der Waals surface area contributed by atoms with Crippen molar-refractivity contribution >= 4 is 34.8 Å². The number of nitriles is 1. The van der Waals surface area contributed by atoms with Gasteiger partial charge in [0, 0.05) is 16.8 Å². The fourth-order valence-electron chi connectivity index (χ4n) is 1.59. The number of hydrogen-bond acceptors (Lipinski definition) is 3. The number of carbonyl (C=O) groups excluding carboxylic acids is 1. The quantitative estimate of drug-likeness (QED) is 0.929. The highest BCUT2D eigenvalue weighted by Crippen LogP contribution is 2.27. The minimum Gasteiger partial charge on any atom is -0.482 e. The lowest BCUT2D eigenvalue weighted by atomic mass is 10.2. The molecular formula is C15H10Cl2N2O2. The molecule has 0 radical (unpaired) electrons. The van der Waals surface area contributed by atoms with E-state index < -0.39 is 0 Å². The molecule has 2 aromatic carbocycles. The van der Waals surface area contributed by atoms with Gasteiger partial charge in [-0.3, -0.25) is 4.79 Å². The molecule has 0 aliphatic carbocycles. The number of anilines is 1. The largest absolute Gasteiger partial charge is 0.482 e. The third-order valence-corrected chi connectivity index (χ3v) is 3.07. The second kappa shape index (κ2) is 6.98. The summed E-state index contributed by atoms with van der Waals surface area (Å²) in [7, 11) is 0. The molecule has 1 amide bonds. The smallest absolute Gasteiger partial charge is 0.262 e. The van der Waals surface area contributed by atoms with Gasteiger partial charge in [-0.05, 0) is 30.3 Å². The summed E-state index contributed by atoms with van der Waals surface area (Å²) in [4.78, 5) is 11.8. The Labute approximate surface area is 131 Å². The summed E-state index contributed by atoms with van der Waals surface area (Å²) in [6, 6.07) is 13.3. The van der Waals surface area contributed by atoms with E-state index >= 15 is 0 Å². The fourth-order valence-corrected chi connectivity index (χ4v) is 1.93. The molecule has 2 aromatic rings. The zero-order valence-corrected chi connectivity index (χ0v) is 12.3. The Morgan fingerprint density at radius 3 is 2.81 bits per heavy atom. The molecule has 0 aliphatic heterocycles. The van der Waals surface area contributed by atoms with E-state index in [0.29, 0.717) is 27.0 Å². The Morgan fingerprint density at radius 1 is 1.24 bits per heavy atom. The summed E-state index contributed by atoms with van der Waals surface area (Å²) >= 11 is 11.8. The zero-order chi connectivity index (χ0) is 15.2. The van der Waals surface area contributed by atoms with Crippen molar-refractivity contribution in [3.63, 3.8) is 0 Å². The number of rotatable bonds is 4. The number of amides is 1. The Balaban J connectivity index is 1.96. The summed E-state index contributed by atoms with van der Waals surface area (Å²) in [5.41, 5.74) is 0.992. The van der Waals surface area contributed by atoms with Crippen molar-refractivity contribution < 1.29 is 9.53 Å². The van der Waals surface area contributed by atoms with Gasteiger partial charge in [0.05, 0.1) is 16.7 Å². The van der Waals surface area contributed by atoms with Gasteiger partial charge in [-0.15, -0.1) is 0 Å². The molecule has 1 N–H and O–H groups in total. The van der Waals surface area contributed by atoms with E-state index in [9.17, 15) is 4.79 Å². The lowest BCUT2D eigenvalue weighted by Gasteiger charge is -2.09. The Bertz CT molecular complexity index is 711. The van der Waals surface area contributed by atoms with Crippen LogP contribution in [0.1, 0.15) is 5.56 Å². The average Bonchev–Trinajstić information content (AvgIpc) is 2.48. The topological polar surface area (TPSA) is 62.1 Å². The van der Waals surface area contributed by atoms with Crippen LogP contribution in [0.15, 0.2) is 42.5 Å². The molecule has 0 aromatic heterocycles. The Hall–Kier alpha value is -2.22. The third kappa shape index (κ3) is 4.38. The van der Waals surface area contributed by atoms with Crippen molar-refractivity contribution in [1.29, 1.82) is 5.26 Å². The first-order chi connectivity index (χ1) is 10.1. The van der Waals surface area contributed by atoms with Crippen LogP contribution in [0.2, 0.25) is 10.0 Å². The molecule has 4 nitrogen and oxygen atoms in total. The van der Waals surface area contributed by atoms with Crippen LogP contribution >= 0.6 is 23.2 Å². The molecule has 0 saturated heterocycles. The van der Waals surface area contributed by atoms with Crippen LogP contribution in [-0.2, 0) is 4.79 Å². The number of carbonyl (C=O) groups is 1. The summed E-state index contributed by atoms with van der Waals surface area (Å²) in [5, 5.41) is 12.3. The fraction of sp³-hybridized carbons (Fsp3) is 0.0667. The first kappa shape index (κ1) is 15.2. The van der Waals surface area contributed by atoms with Gasteiger partial charge in [-0.1, -0.05) is 29.3 Å². The molecule has 0 fully saturated rings. The number of benzene rings is 2. The highest BCUT2D eigenvalue weighted by Gasteiger charge is 2.07. The van der Waals surface area contributed by atoms with Crippen molar-refractivity contribution in [3.8, 4) is 11.8 Å². The van der Waals surface area contributed by atoms with Gasteiger partial charge in [0.2, 0.25) is 0 Å². The Morgan fingerprint density at radius 2 is 2.05 bits per heavy atom. The maximum atomic E-state index is 11.8. The van der Waals surface area contributed by atoms with Gasteiger partial charge in [0.15, 0.2) is 6.61 Å². The number of nitrogens with zero attached hydrogens (tertiary/aromatic N) is 1. The molecule has 0 aliphatic rings. The molecule has 0 unspecified atom stereocenters. The number of hydrogen-bond donors (Lipinski definition) is 1. The molecule has 106 valence electrons. The average molecular weight is 321 g/mol. The maximum Gasteiger partial charge on any atom is 0.262 e. The van der Waals surface area contributed by atoms with E-state index in [1.807, 2.05) is 6.07 Å². The van der Waals surface area contributed by atoms with Gasteiger partial charge >= 0.3 is 0 Å². The molecule has 2 rings (SSSR count). The van der Waals surface area contributed by atoms with Gasteiger partial charge in [-0.2, -0.15) is 5.26 Å². The molecule has 0 spiro atoms. The van der Waals surface area contributed by atoms with Crippen LogP contribution in [0.5, 0.6) is 5.75 Å². The molecule has 0 atom stereocenters. The van der Waals surface area contributed by atoms with E-state index in [1.54, 1.807) is 36.4 Å². The van der Waals surface area contributed by atoms with Crippen LogP contribution < -0.4 is 10.1 Å². The van der Waals surface area contributed by atoms with Gasteiger partial charge in [-0.25, -0.2) is 0 Å². The molecular weight excluding hydrogens is 311 g/mol. The van der Waals surface area contributed by atoms with Crippen LogP contribution in [0, 0.1) is 11.3 Å². The standard InChI is InChI=1S/C15H10Cl2N2O2/c16-11-4-5-13(17)14(7-11)21-9-15(20)19-12-3-1-2-10(6-12)8-18/h1-7H,9H2,(H,19,20). The predicted molar refractivity (Wildman–Crippen MR) is 81.7 cm³/mol. The lowest BCUT2D eigenvalue weighted by Crippen LogP contribution is -2.20. The van der Waals surface area contributed by atoms with E-state index in [-0.39, 0.29) is 12.5 Å². The normalized spacial score (nSPS) is 9.76. The number of halogens is 2. The summed E-state index contributed by atoms with van der Waals surface area (Å²) in [6.45, 7) is -0.211. The monoisotopic (exact) mass is 320 g/mol. The lowest BCUT2D eigenvalue weighted by molar-refractivity contribution is -0.118. The zero-order valence-electron chi connectivity index (χ0n) is 10.8. The molecule has 0 saturated carbocycles. The van der Waals surface area contributed by atoms with E-state index in [0.717, 1.165) is 0 Å². The van der Waals surface area contributed by atoms with Gasteiger partial charge in [0.25, 0.3) is 5.91 Å². The van der Waals surface area contributed by atoms with Crippen LogP contribution in [-0.4, -0.2) is 12.5 Å². The first-order valence-corrected chi connectivity index (χ1v) is 6.72. The van der Waals surface area contributed by atoms with Gasteiger partial charge in [0.1, 0.15) is 5.75 Å². The highest BCUT2D eigenvalue weighted by molar-refractivity contribution is 6.34. The van der Waals surface area contributed by atoms with Crippen LogP contribution in [0.4, 0.5) is 5.69 Å². The Kier molecular flexibility index (Phi) is 5.04. The van der Waals surface area contributed by atoms with Crippen molar-refractivity contribution in [1.82, 2.24) is 0 Å². The third-order valence-electron chi connectivity index (χ3n) is 2.53. The number of ether oxygens (including phenoxy) is 1. The van der Waals surface area contributed by atoms with Crippen LogP contribution in [0.3, 0.4) is 0 Å².